The highest BCUT2D eigenvalue weighted by atomic mass is 79.9. The number of halogens is 1. The van der Waals surface area contributed by atoms with Crippen LogP contribution in [0, 0.1) is 18.3 Å². The first-order valence-electron chi connectivity index (χ1n) is 5.09. The summed E-state index contributed by atoms with van der Waals surface area (Å²) in [6, 6.07) is 13.4. The lowest BCUT2D eigenvalue weighted by Crippen LogP contribution is -1.98. The van der Waals surface area contributed by atoms with Gasteiger partial charge in [-0.2, -0.15) is 5.26 Å². The lowest BCUT2D eigenvalue weighted by atomic mass is 10.2. The van der Waals surface area contributed by atoms with Gasteiger partial charge in [0.25, 0.3) is 0 Å². The molecule has 0 spiro atoms. The number of benzene rings is 1. The van der Waals surface area contributed by atoms with Gasteiger partial charge in [0.05, 0.1) is 5.56 Å². The van der Waals surface area contributed by atoms with Crippen molar-refractivity contribution < 1.29 is 0 Å². The van der Waals surface area contributed by atoms with Crippen LogP contribution < -0.4 is 5.32 Å². The summed E-state index contributed by atoms with van der Waals surface area (Å²) in [5, 5.41) is 12.1. The number of hydrogen-bond donors (Lipinski definition) is 1. The van der Waals surface area contributed by atoms with E-state index in [-0.39, 0.29) is 0 Å². The van der Waals surface area contributed by atoms with E-state index in [0.29, 0.717) is 11.4 Å². The van der Waals surface area contributed by atoms with Crippen LogP contribution in [0.3, 0.4) is 0 Å². The molecule has 1 aromatic heterocycles. The molecule has 0 aliphatic heterocycles. The van der Waals surface area contributed by atoms with Gasteiger partial charge < -0.3 is 5.32 Å². The van der Waals surface area contributed by atoms with Gasteiger partial charge in [0, 0.05) is 15.9 Å². The molecule has 0 aliphatic rings. The van der Waals surface area contributed by atoms with Crippen LogP contribution in [-0.4, -0.2) is 4.98 Å². The van der Waals surface area contributed by atoms with Crippen LogP contribution >= 0.6 is 15.9 Å². The van der Waals surface area contributed by atoms with Crippen molar-refractivity contribution in [3.63, 3.8) is 0 Å². The van der Waals surface area contributed by atoms with Gasteiger partial charge in [-0.1, -0.05) is 15.9 Å². The van der Waals surface area contributed by atoms with Crippen LogP contribution in [0.25, 0.3) is 0 Å². The fourth-order valence-electron chi connectivity index (χ4n) is 1.41. The van der Waals surface area contributed by atoms with E-state index in [1.807, 2.05) is 37.3 Å². The molecule has 0 fully saturated rings. The van der Waals surface area contributed by atoms with E-state index < -0.39 is 0 Å². The number of aryl methyl sites for hydroxylation is 1. The van der Waals surface area contributed by atoms with Gasteiger partial charge in [0.15, 0.2) is 0 Å². The first-order chi connectivity index (χ1) is 8.19. The Bertz CT molecular complexity index is 570. The van der Waals surface area contributed by atoms with Crippen molar-refractivity contribution in [2.24, 2.45) is 0 Å². The second-order valence-electron chi connectivity index (χ2n) is 3.59. The molecule has 4 heteroatoms. The summed E-state index contributed by atoms with van der Waals surface area (Å²) < 4.78 is 1.01. The zero-order valence-electron chi connectivity index (χ0n) is 9.24. The maximum Gasteiger partial charge on any atom is 0.148 e. The zero-order chi connectivity index (χ0) is 12.3. The molecule has 1 heterocycles. The summed E-state index contributed by atoms with van der Waals surface area (Å²) in [7, 11) is 0. The summed E-state index contributed by atoms with van der Waals surface area (Å²) >= 11 is 3.37. The van der Waals surface area contributed by atoms with Crippen LogP contribution in [0.2, 0.25) is 0 Å². The molecule has 0 atom stereocenters. The van der Waals surface area contributed by atoms with Gasteiger partial charge in [-0.05, 0) is 43.3 Å². The highest BCUT2D eigenvalue weighted by Gasteiger charge is 2.04. The molecule has 2 rings (SSSR count). The topological polar surface area (TPSA) is 48.7 Å². The van der Waals surface area contributed by atoms with Crippen LogP contribution in [-0.2, 0) is 0 Å². The number of nitriles is 1. The molecular formula is C13H10BrN3. The van der Waals surface area contributed by atoms with Gasteiger partial charge in [-0.25, -0.2) is 4.98 Å². The molecule has 1 N–H and O–H groups in total. The van der Waals surface area contributed by atoms with E-state index in [1.54, 1.807) is 6.07 Å². The average Bonchev–Trinajstić information content (AvgIpc) is 2.32. The Hall–Kier alpha value is -1.86. The van der Waals surface area contributed by atoms with Gasteiger partial charge in [0.2, 0.25) is 0 Å². The third-order valence-electron chi connectivity index (χ3n) is 2.26. The fourth-order valence-corrected chi connectivity index (χ4v) is 1.68. The minimum absolute atomic E-state index is 0.540. The predicted molar refractivity (Wildman–Crippen MR) is 71.1 cm³/mol. The lowest BCUT2D eigenvalue weighted by molar-refractivity contribution is 1.19. The zero-order valence-corrected chi connectivity index (χ0v) is 10.8. The largest absolute Gasteiger partial charge is 0.339 e. The third kappa shape index (κ3) is 2.83. The molecule has 0 saturated carbocycles. The van der Waals surface area contributed by atoms with E-state index >= 15 is 0 Å². The number of anilines is 2. The molecule has 0 radical (unpaired) electrons. The number of nitrogens with zero attached hydrogens (tertiary/aromatic N) is 2. The van der Waals surface area contributed by atoms with Crippen molar-refractivity contribution in [3.05, 3.63) is 52.1 Å². The molecule has 0 bridgehead atoms. The maximum atomic E-state index is 8.99. The second kappa shape index (κ2) is 4.98. The standard InChI is InChI=1S/C13H10BrN3/c1-9-2-3-10(8-15)13(16-9)17-12-6-4-11(14)5-7-12/h2-7H,1H3,(H,16,17). The fraction of sp³-hybridized carbons (Fsp3) is 0.0769. The Balaban J connectivity index is 2.32. The summed E-state index contributed by atoms with van der Waals surface area (Å²) in [4.78, 5) is 4.32. The van der Waals surface area contributed by atoms with Crippen molar-refractivity contribution in [1.29, 1.82) is 5.26 Å². The molecule has 0 aliphatic carbocycles. The molecule has 1 aromatic carbocycles. The lowest BCUT2D eigenvalue weighted by Gasteiger charge is -2.07. The highest BCUT2D eigenvalue weighted by molar-refractivity contribution is 9.10. The molecule has 2 aromatic rings. The van der Waals surface area contributed by atoms with Crippen LogP contribution in [0.5, 0.6) is 0 Å². The first kappa shape index (κ1) is 11.6. The number of rotatable bonds is 2. The van der Waals surface area contributed by atoms with Crippen LogP contribution in [0.4, 0.5) is 11.5 Å². The van der Waals surface area contributed by atoms with Gasteiger partial charge >= 0.3 is 0 Å². The Morgan fingerprint density at radius 2 is 1.88 bits per heavy atom. The highest BCUT2D eigenvalue weighted by Crippen LogP contribution is 2.20. The molecule has 17 heavy (non-hydrogen) atoms. The van der Waals surface area contributed by atoms with E-state index in [2.05, 4.69) is 32.3 Å². The summed E-state index contributed by atoms with van der Waals surface area (Å²) in [5.74, 6) is 0.592. The number of pyridine rings is 1. The summed E-state index contributed by atoms with van der Waals surface area (Å²) in [5.41, 5.74) is 2.32. The quantitative estimate of drug-likeness (QED) is 0.915. The van der Waals surface area contributed by atoms with Crippen molar-refractivity contribution in [2.75, 3.05) is 5.32 Å². The van der Waals surface area contributed by atoms with Gasteiger partial charge in [-0.15, -0.1) is 0 Å². The Morgan fingerprint density at radius 3 is 2.53 bits per heavy atom. The first-order valence-corrected chi connectivity index (χ1v) is 5.88. The van der Waals surface area contributed by atoms with Crippen molar-refractivity contribution >= 4 is 27.4 Å². The molecule has 84 valence electrons. The van der Waals surface area contributed by atoms with Crippen molar-refractivity contribution in [2.45, 2.75) is 6.92 Å². The molecule has 0 saturated heterocycles. The molecule has 3 nitrogen and oxygen atoms in total. The molecule has 0 amide bonds. The SMILES string of the molecule is Cc1ccc(C#N)c(Nc2ccc(Br)cc2)n1. The molecule has 0 unspecified atom stereocenters. The van der Waals surface area contributed by atoms with E-state index in [9.17, 15) is 0 Å². The Labute approximate surface area is 108 Å². The van der Waals surface area contributed by atoms with E-state index in [1.165, 1.54) is 0 Å². The Kier molecular flexibility index (Phi) is 3.40. The molecular weight excluding hydrogens is 278 g/mol. The maximum absolute atomic E-state index is 8.99. The van der Waals surface area contributed by atoms with Gasteiger partial charge in [-0.3, -0.25) is 0 Å². The van der Waals surface area contributed by atoms with Crippen molar-refractivity contribution in [1.82, 2.24) is 4.98 Å². The second-order valence-corrected chi connectivity index (χ2v) is 4.51. The normalized spacial score (nSPS) is 9.71. The third-order valence-corrected chi connectivity index (χ3v) is 2.79. The number of nitrogens with one attached hydrogen (secondary N) is 1. The monoisotopic (exact) mass is 287 g/mol. The number of hydrogen-bond acceptors (Lipinski definition) is 3. The summed E-state index contributed by atoms with van der Waals surface area (Å²) in [6.07, 6.45) is 0. The smallest absolute Gasteiger partial charge is 0.148 e. The van der Waals surface area contributed by atoms with E-state index in [0.717, 1.165) is 15.9 Å². The predicted octanol–water partition coefficient (Wildman–Crippen LogP) is 3.77. The summed E-state index contributed by atoms with van der Waals surface area (Å²) in [6.45, 7) is 1.90. The van der Waals surface area contributed by atoms with Crippen molar-refractivity contribution in [3.8, 4) is 6.07 Å². The van der Waals surface area contributed by atoms with Crippen LogP contribution in [0.15, 0.2) is 40.9 Å². The average molecular weight is 288 g/mol. The van der Waals surface area contributed by atoms with Crippen LogP contribution in [0.1, 0.15) is 11.3 Å². The minimum atomic E-state index is 0.540. The Morgan fingerprint density at radius 1 is 1.18 bits per heavy atom. The van der Waals surface area contributed by atoms with Gasteiger partial charge in [0.1, 0.15) is 11.9 Å². The number of aromatic nitrogens is 1. The van der Waals surface area contributed by atoms with E-state index in [4.69, 9.17) is 5.26 Å². The minimum Gasteiger partial charge on any atom is -0.339 e.